The lowest BCUT2D eigenvalue weighted by Gasteiger charge is -2.09. The number of para-hydroxylation sites is 1. The number of pyridine rings is 2. The van der Waals surface area contributed by atoms with Gasteiger partial charge in [0.15, 0.2) is 0 Å². The van der Waals surface area contributed by atoms with Crippen molar-refractivity contribution in [1.29, 1.82) is 0 Å². The zero-order chi connectivity index (χ0) is 16.8. The number of nitrogens with zero attached hydrogens (tertiary/aromatic N) is 2. The summed E-state index contributed by atoms with van der Waals surface area (Å²) in [6, 6.07) is 11.4. The number of benzene rings is 1. The van der Waals surface area contributed by atoms with Gasteiger partial charge in [0.25, 0.3) is 5.91 Å². The molecule has 0 spiro atoms. The summed E-state index contributed by atoms with van der Waals surface area (Å²) in [6.45, 7) is 3.01. The number of anilines is 2. The van der Waals surface area contributed by atoms with Gasteiger partial charge in [0.1, 0.15) is 0 Å². The number of hydrogen-bond acceptors (Lipinski definition) is 4. The fraction of sp³-hybridized carbons (Fsp3) is 0.211. The van der Waals surface area contributed by atoms with Gasteiger partial charge in [-0.1, -0.05) is 31.5 Å². The Morgan fingerprint density at radius 1 is 1.17 bits per heavy atom. The van der Waals surface area contributed by atoms with Crippen LogP contribution in [0.1, 0.15) is 30.1 Å². The molecule has 0 aliphatic carbocycles. The lowest BCUT2D eigenvalue weighted by molar-refractivity contribution is 0.102. The predicted octanol–water partition coefficient (Wildman–Crippen LogP) is 4.09. The van der Waals surface area contributed by atoms with E-state index in [0.717, 1.165) is 36.0 Å². The van der Waals surface area contributed by atoms with E-state index in [0.29, 0.717) is 11.3 Å². The minimum atomic E-state index is -0.195. The molecule has 0 atom stereocenters. The Labute approximate surface area is 141 Å². The van der Waals surface area contributed by atoms with Gasteiger partial charge in [0.05, 0.1) is 22.5 Å². The fourth-order valence-corrected chi connectivity index (χ4v) is 2.47. The zero-order valence-corrected chi connectivity index (χ0v) is 13.6. The van der Waals surface area contributed by atoms with Crippen LogP contribution in [0.3, 0.4) is 0 Å². The third kappa shape index (κ3) is 3.68. The van der Waals surface area contributed by atoms with E-state index in [1.54, 1.807) is 18.6 Å². The highest BCUT2D eigenvalue weighted by atomic mass is 16.1. The third-order valence-electron chi connectivity index (χ3n) is 3.74. The molecule has 3 rings (SSSR count). The van der Waals surface area contributed by atoms with Crippen LogP contribution in [0.4, 0.5) is 11.4 Å². The number of amides is 1. The smallest absolute Gasteiger partial charge is 0.257 e. The van der Waals surface area contributed by atoms with E-state index < -0.39 is 0 Å². The monoisotopic (exact) mass is 320 g/mol. The van der Waals surface area contributed by atoms with Gasteiger partial charge in [-0.05, 0) is 24.6 Å². The molecule has 0 aliphatic heterocycles. The minimum absolute atomic E-state index is 0.195. The van der Waals surface area contributed by atoms with Crippen LogP contribution in [-0.4, -0.2) is 22.4 Å². The summed E-state index contributed by atoms with van der Waals surface area (Å²) in [5.74, 6) is -0.195. The summed E-state index contributed by atoms with van der Waals surface area (Å²) < 4.78 is 0. The number of fused-ring (bicyclic) bond motifs is 1. The second kappa shape index (κ2) is 7.55. The van der Waals surface area contributed by atoms with Crippen molar-refractivity contribution in [2.24, 2.45) is 0 Å². The van der Waals surface area contributed by atoms with E-state index in [-0.39, 0.29) is 5.91 Å². The van der Waals surface area contributed by atoms with Crippen LogP contribution >= 0.6 is 0 Å². The lowest BCUT2D eigenvalue weighted by atomic mass is 10.2. The zero-order valence-electron chi connectivity index (χ0n) is 13.6. The Morgan fingerprint density at radius 3 is 2.92 bits per heavy atom. The van der Waals surface area contributed by atoms with Gasteiger partial charge in [-0.2, -0.15) is 0 Å². The number of nitrogens with one attached hydrogen (secondary N) is 2. The molecule has 0 saturated carbocycles. The first-order valence-electron chi connectivity index (χ1n) is 8.12. The van der Waals surface area contributed by atoms with Gasteiger partial charge in [0.2, 0.25) is 0 Å². The van der Waals surface area contributed by atoms with Crippen molar-refractivity contribution in [2.45, 2.75) is 19.8 Å². The molecule has 24 heavy (non-hydrogen) atoms. The quantitative estimate of drug-likeness (QED) is 0.671. The highest BCUT2D eigenvalue weighted by Crippen LogP contribution is 2.21. The summed E-state index contributed by atoms with van der Waals surface area (Å²) in [5.41, 5.74) is 2.84. The average molecular weight is 320 g/mol. The molecule has 2 aromatic heterocycles. The Morgan fingerprint density at radius 2 is 2.04 bits per heavy atom. The second-order valence-corrected chi connectivity index (χ2v) is 5.58. The molecule has 122 valence electrons. The molecule has 5 heteroatoms. The normalized spacial score (nSPS) is 10.5. The number of carbonyl (C=O) groups excluding carboxylic acids is 1. The number of carbonyl (C=O) groups is 1. The van der Waals surface area contributed by atoms with Crippen molar-refractivity contribution < 1.29 is 4.79 Å². The second-order valence-electron chi connectivity index (χ2n) is 5.58. The molecule has 0 saturated heterocycles. The van der Waals surface area contributed by atoms with E-state index in [9.17, 15) is 4.79 Å². The summed E-state index contributed by atoms with van der Waals surface area (Å²) in [4.78, 5) is 21.0. The van der Waals surface area contributed by atoms with Crippen LogP contribution in [0, 0.1) is 0 Å². The molecule has 0 radical (unpaired) electrons. The van der Waals surface area contributed by atoms with Gasteiger partial charge in [0, 0.05) is 30.5 Å². The molecule has 5 nitrogen and oxygen atoms in total. The van der Waals surface area contributed by atoms with E-state index in [4.69, 9.17) is 0 Å². The maximum Gasteiger partial charge on any atom is 0.257 e. The highest BCUT2D eigenvalue weighted by molar-refractivity contribution is 6.08. The SMILES string of the molecule is CCCCNc1cncc(C(=O)Nc2cccc3cccnc23)c1. The molecule has 2 N–H and O–H groups in total. The van der Waals surface area contributed by atoms with E-state index >= 15 is 0 Å². The Balaban J connectivity index is 1.78. The molecule has 0 fully saturated rings. The number of unbranched alkanes of at least 4 members (excludes halogenated alkanes) is 1. The molecule has 0 unspecified atom stereocenters. The third-order valence-corrected chi connectivity index (χ3v) is 3.74. The van der Waals surface area contributed by atoms with Crippen molar-refractivity contribution in [2.75, 3.05) is 17.2 Å². The largest absolute Gasteiger partial charge is 0.384 e. The first kappa shape index (κ1) is 15.9. The standard InChI is InChI=1S/C19H20N4O/c1-2-3-9-21-16-11-15(12-20-13-16)19(24)23-17-8-4-6-14-7-5-10-22-18(14)17/h4-8,10-13,21H,2-3,9H2,1H3,(H,23,24). The number of hydrogen-bond donors (Lipinski definition) is 2. The van der Waals surface area contributed by atoms with Gasteiger partial charge < -0.3 is 10.6 Å². The van der Waals surface area contributed by atoms with E-state index in [1.165, 1.54) is 0 Å². The van der Waals surface area contributed by atoms with Crippen LogP contribution in [0.5, 0.6) is 0 Å². The fourth-order valence-electron chi connectivity index (χ4n) is 2.47. The Hall–Kier alpha value is -2.95. The topological polar surface area (TPSA) is 66.9 Å². The van der Waals surface area contributed by atoms with Crippen LogP contribution < -0.4 is 10.6 Å². The summed E-state index contributed by atoms with van der Waals surface area (Å²) in [7, 11) is 0. The van der Waals surface area contributed by atoms with E-state index in [2.05, 4.69) is 27.5 Å². The summed E-state index contributed by atoms with van der Waals surface area (Å²) in [6.07, 6.45) is 7.22. The number of aromatic nitrogens is 2. The Bertz CT molecular complexity index is 842. The molecule has 1 aromatic carbocycles. The molecule has 1 amide bonds. The van der Waals surface area contributed by atoms with Crippen molar-refractivity contribution in [3.63, 3.8) is 0 Å². The van der Waals surface area contributed by atoms with Crippen molar-refractivity contribution in [1.82, 2.24) is 9.97 Å². The van der Waals surface area contributed by atoms with Gasteiger partial charge in [-0.15, -0.1) is 0 Å². The van der Waals surface area contributed by atoms with Crippen molar-refractivity contribution in [3.05, 3.63) is 60.6 Å². The van der Waals surface area contributed by atoms with Gasteiger partial charge >= 0.3 is 0 Å². The molecule has 3 aromatic rings. The van der Waals surface area contributed by atoms with Gasteiger partial charge in [-0.3, -0.25) is 14.8 Å². The molecular weight excluding hydrogens is 300 g/mol. The summed E-state index contributed by atoms with van der Waals surface area (Å²) in [5, 5.41) is 7.20. The van der Waals surface area contributed by atoms with Crippen molar-refractivity contribution in [3.8, 4) is 0 Å². The molecular formula is C19H20N4O. The highest BCUT2D eigenvalue weighted by Gasteiger charge is 2.10. The Kier molecular flexibility index (Phi) is 5.01. The maximum atomic E-state index is 12.5. The van der Waals surface area contributed by atoms with Crippen LogP contribution in [0.2, 0.25) is 0 Å². The molecule has 0 aliphatic rings. The van der Waals surface area contributed by atoms with Crippen LogP contribution in [0.25, 0.3) is 10.9 Å². The maximum absolute atomic E-state index is 12.5. The predicted molar refractivity (Wildman–Crippen MR) is 97.3 cm³/mol. The minimum Gasteiger partial charge on any atom is -0.384 e. The first-order valence-corrected chi connectivity index (χ1v) is 8.12. The number of rotatable bonds is 6. The van der Waals surface area contributed by atoms with Crippen molar-refractivity contribution >= 4 is 28.2 Å². The van der Waals surface area contributed by atoms with Crippen LogP contribution in [0.15, 0.2) is 55.0 Å². The average Bonchev–Trinajstić information content (AvgIpc) is 2.62. The lowest BCUT2D eigenvalue weighted by Crippen LogP contribution is -2.13. The van der Waals surface area contributed by atoms with E-state index in [1.807, 2.05) is 36.4 Å². The van der Waals surface area contributed by atoms with Crippen LogP contribution in [-0.2, 0) is 0 Å². The molecule has 2 heterocycles. The summed E-state index contributed by atoms with van der Waals surface area (Å²) >= 11 is 0. The first-order chi connectivity index (χ1) is 11.8. The van der Waals surface area contributed by atoms with Gasteiger partial charge in [-0.25, -0.2) is 0 Å². The molecule has 0 bridgehead atoms.